The standard InChI is InChI=1S/C20H26N4O.HI/c1-14-6-4-8-17(10-14)15(2)12-23-20(22-3)24-13-16-7-5-9-18(11-16)19(21)25;/h4-11,15H,12-13H2,1-3H3,(H2,21,25)(H2,22,23,24);1H. The van der Waals surface area contributed by atoms with Crippen molar-refractivity contribution in [1.82, 2.24) is 10.6 Å². The van der Waals surface area contributed by atoms with Crippen molar-refractivity contribution in [1.29, 1.82) is 0 Å². The van der Waals surface area contributed by atoms with Crippen LogP contribution in [-0.2, 0) is 6.54 Å². The van der Waals surface area contributed by atoms with Gasteiger partial charge in [-0.05, 0) is 36.1 Å². The molecule has 1 amide bonds. The van der Waals surface area contributed by atoms with Crippen LogP contribution in [-0.4, -0.2) is 25.5 Å². The second-order valence-corrected chi connectivity index (χ2v) is 6.19. The summed E-state index contributed by atoms with van der Waals surface area (Å²) in [7, 11) is 1.74. The molecule has 0 saturated carbocycles. The maximum absolute atomic E-state index is 11.2. The summed E-state index contributed by atoms with van der Waals surface area (Å²) in [5.41, 5.74) is 9.37. The van der Waals surface area contributed by atoms with Crippen molar-refractivity contribution >= 4 is 35.8 Å². The molecule has 0 radical (unpaired) electrons. The van der Waals surface area contributed by atoms with Crippen LogP contribution < -0.4 is 16.4 Å². The smallest absolute Gasteiger partial charge is 0.248 e. The molecule has 0 aliphatic heterocycles. The first-order valence-corrected chi connectivity index (χ1v) is 8.39. The van der Waals surface area contributed by atoms with Gasteiger partial charge in [-0.2, -0.15) is 0 Å². The zero-order chi connectivity index (χ0) is 18.2. The molecule has 4 N–H and O–H groups in total. The molecule has 5 nitrogen and oxygen atoms in total. The molecule has 140 valence electrons. The molecule has 1 atom stereocenters. The van der Waals surface area contributed by atoms with Crippen LogP contribution >= 0.6 is 24.0 Å². The number of primary amides is 1. The highest BCUT2D eigenvalue weighted by Gasteiger charge is 2.07. The number of aryl methyl sites for hydroxylation is 1. The second kappa shape index (κ2) is 10.8. The van der Waals surface area contributed by atoms with Crippen molar-refractivity contribution in [2.75, 3.05) is 13.6 Å². The Balaban J connectivity index is 0.00000338. The molecular weight excluding hydrogens is 439 g/mol. The number of halogens is 1. The van der Waals surface area contributed by atoms with Gasteiger partial charge < -0.3 is 16.4 Å². The third-order valence-electron chi connectivity index (χ3n) is 4.08. The van der Waals surface area contributed by atoms with Gasteiger partial charge in [-0.15, -0.1) is 24.0 Å². The van der Waals surface area contributed by atoms with Crippen molar-refractivity contribution in [3.05, 3.63) is 70.8 Å². The maximum Gasteiger partial charge on any atom is 0.248 e. The molecule has 0 spiro atoms. The summed E-state index contributed by atoms with van der Waals surface area (Å²) >= 11 is 0. The minimum Gasteiger partial charge on any atom is -0.366 e. The molecule has 2 rings (SSSR count). The fraction of sp³-hybridized carbons (Fsp3) is 0.300. The molecule has 0 heterocycles. The maximum atomic E-state index is 11.2. The van der Waals surface area contributed by atoms with E-state index in [0.29, 0.717) is 18.0 Å². The first-order valence-electron chi connectivity index (χ1n) is 8.39. The van der Waals surface area contributed by atoms with Crippen LogP contribution in [0.15, 0.2) is 53.5 Å². The molecule has 0 aliphatic carbocycles. The number of benzene rings is 2. The fourth-order valence-electron chi connectivity index (χ4n) is 2.59. The molecule has 26 heavy (non-hydrogen) atoms. The number of rotatable bonds is 6. The monoisotopic (exact) mass is 466 g/mol. The van der Waals surface area contributed by atoms with Gasteiger partial charge in [-0.3, -0.25) is 9.79 Å². The molecule has 0 fully saturated rings. The first-order chi connectivity index (χ1) is 12.0. The highest BCUT2D eigenvalue weighted by Crippen LogP contribution is 2.15. The minimum absolute atomic E-state index is 0. The Morgan fingerprint density at radius 1 is 1.15 bits per heavy atom. The Morgan fingerprint density at radius 3 is 2.54 bits per heavy atom. The fourth-order valence-corrected chi connectivity index (χ4v) is 2.59. The van der Waals surface area contributed by atoms with E-state index in [1.165, 1.54) is 11.1 Å². The molecule has 2 aromatic carbocycles. The van der Waals surface area contributed by atoms with E-state index in [-0.39, 0.29) is 24.0 Å². The lowest BCUT2D eigenvalue weighted by Crippen LogP contribution is -2.38. The van der Waals surface area contributed by atoms with E-state index in [9.17, 15) is 4.79 Å². The van der Waals surface area contributed by atoms with Gasteiger partial charge in [-0.25, -0.2) is 0 Å². The Morgan fingerprint density at radius 2 is 1.88 bits per heavy atom. The highest BCUT2D eigenvalue weighted by atomic mass is 127. The Kier molecular flexibility index (Phi) is 9.12. The van der Waals surface area contributed by atoms with Crippen molar-refractivity contribution in [3.8, 4) is 0 Å². The zero-order valence-corrected chi connectivity index (χ0v) is 17.8. The third kappa shape index (κ3) is 6.67. The Bertz CT molecular complexity index is 761. The van der Waals surface area contributed by atoms with Crippen LogP contribution in [0.25, 0.3) is 0 Å². The van der Waals surface area contributed by atoms with Crippen LogP contribution in [0.3, 0.4) is 0 Å². The van der Waals surface area contributed by atoms with E-state index in [1.807, 2.05) is 12.1 Å². The number of guanidine groups is 1. The number of aliphatic imine (C=N–C) groups is 1. The van der Waals surface area contributed by atoms with Crippen molar-refractivity contribution in [3.63, 3.8) is 0 Å². The largest absolute Gasteiger partial charge is 0.366 e. The summed E-state index contributed by atoms with van der Waals surface area (Å²) in [4.78, 5) is 15.5. The molecule has 6 heteroatoms. The SMILES string of the molecule is CN=C(NCc1cccc(C(N)=O)c1)NCC(C)c1cccc(C)c1.I. The van der Waals surface area contributed by atoms with E-state index in [4.69, 9.17) is 5.73 Å². The number of amides is 1. The summed E-state index contributed by atoms with van der Waals surface area (Å²) < 4.78 is 0. The summed E-state index contributed by atoms with van der Waals surface area (Å²) in [6, 6.07) is 15.8. The quantitative estimate of drug-likeness (QED) is 0.348. The molecule has 0 aliphatic rings. The van der Waals surface area contributed by atoms with Gasteiger partial charge in [0.2, 0.25) is 5.91 Å². The lowest BCUT2D eigenvalue weighted by molar-refractivity contribution is 0.1000. The average molecular weight is 466 g/mol. The van der Waals surface area contributed by atoms with Crippen LogP contribution in [0.1, 0.15) is 39.9 Å². The average Bonchev–Trinajstić information content (AvgIpc) is 2.61. The van der Waals surface area contributed by atoms with Gasteiger partial charge >= 0.3 is 0 Å². The van der Waals surface area contributed by atoms with Gasteiger partial charge in [0.25, 0.3) is 0 Å². The predicted molar refractivity (Wildman–Crippen MR) is 118 cm³/mol. The third-order valence-corrected chi connectivity index (χ3v) is 4.08. The van der Waals surface area contributed by atoms with Crippen LogP contribution in [0.4, 0.5) is 0 Å². The van der Waals surface area contributed by atoms with Crippen molar-refractivity contribution in [2.45, 2.75) is 26.3 Å². The highest BCUT2D eigenvalue weighted by molar-refractivity contribution is 14.0. The van der Waals surface area contributed by atoms with E-state index < -0.39 is 5.91 Å². The molecule has 1 unspecified atom stereocenters. The number of nitrogens with one attached hydrogen (secondary N) is 2. The van der Waals surface area contributed by atoms with Crippen LogP contribution in [0.5, 0.6) is 0 Å². The lowest BCUT2D eigenvalue weighted by atomic mass is 9.99. The molecule has 0 saturated heterocycles. The summed E-state index contributed by atoms with van der Waals surface area (Å²) in [5.74, 6) is 0.678. The second-order valence-electron chi connectivity index (χ2n) is 6.19. The van der Waals surface area contributed by atoms with Gasteiger partial charge in [-0.1, -0.05) is 48.9 Å². The number of nitrogens with two attached hydrogens (primary N) is 1. The number of carbonyl (C=O) groups excluding carboxylic acids is 1. The summed E-state index contributed by atoms with van der Waals surface area (Å²) in [6.45, 7) is 5.64. The topological polar surface area (TPSA) is 79.5 Å². The predicted octanol–water partition coefficient (Wildman–Crippen LogP) is 3.18. The Labute approximate surface area is 172 Å². The molecule has 0 aromatic heterocycles. The van der Waals surface area contributed by atoms with E-state index in [2.05, 4.69) is 53.7 Å². The number of hydrogen-bond acceptors (Lipinski definition) is 2. The number of carbonyl (C=O) groups is 1. The van der Waals surface area contributed by atoms with E-state index >= 15 is 0 Å². The van der Waals surface area contributed by atoms with Crippen molar-refractivity contribution in [2.24, 2.45) is 10.7 Å². The minimum atomic E-state index is -0.420. The van der Waals surface area contributed by atoms with Gasteiger partial charge in [0.1, 0.15) is 0 Å². The lowest BCUT2D eigenvalue weighted by Gasteiger charge is -2.17. The first kappa shape index (κ1) is 22.0. The van der Waals surface area contributed by atoms with Crippen LogP contribution in [0, 0.1) is 6.92 Å². The summed E-state index contributed by atoms with van der Waals surface area (Å²) in [6.07, 6.45) is 0. The molecule has 2 aromatic rings. The Hall–Kier alpha value is -2.09. The van der Waals surface area contributed by atoms with Gasteiger partial charge in [0, 0.05) is 25.7 Å². The van der Waals surface area contributed by atoms with E-state index in [1.54, 1.807) is 19.2 Å². The molecule has 0 bridgehead atoms. The van der Waals surface area contributed by atoms with Crippen molar-refractivity contribution < 1.29 is 4.79 Å². The van der Waals surface area contributed by atoms with Crippen LogP contribution in [0.2, 0.25) is 0 Å². The zero-order valence-electron chi connectivity index (χ0n) is 15.5. The van der Waals surface area contributed by atoms with E-state index in [0.717, 1.165) is 18.1 Å². The molecular formula is C20H27IN4O. The number of nitrogens with zero attached hydrogens (tertiary/aromatic N) is 1. The van der Waals surface area contributed by atoms with Gasteiger partial charge in [0.15, 0.2) is 5.96 Å². The normalized spacial score (nSPS) is 12.0. The summed E-state index contributed by atoms with van der Waals surface area (Å²) in [5, 5.41) is 6.60. The van der Waals surface area contributed by atoms with Gasteiger partial charge in [0.05, 0.1) is 0 Å². The number of hydrogen-bond donors (Lipinski definition) is 3.